The molecule has 0 amide bonds. The van der Waals surface area contributed by atoms with E-state index in [4.69, 9.17) is 0 Å². The number of thiazole rings is 1. The zero-order valence-electron chi connectivity index (χ0n) is 11.2. The Morgan fingerprint density at radius 2 is 2.33 bits per heavy atom. The molecule has 2 fully saturated rings. The number of rotatable bonds is 4. The average molecular weight is 265 g/mol. The Kier molecular flexibility index (Phi) is 3.97. The van der Waals surface area contributed by atoms with Gasteiger partial charge in [0.2, 0.25) is 0 Å². The van der Waals surface area contributed by atoms with Crippen LogP contribution in [-0.2, 0) is 13.0 Å². The molecule has 3 rings (SSSR count). The minimum atomic E-state index is 0.706. The van der Waals surface area contributed by atoms with Crippen LogP contribution in [0.4, 0.5) is 0 Å². The number of aromatic nitrogens is 1. The van der Waals surface area contributed by atoms with E-state index >= 15 is 0 Å². The van der Waals surface area contributed by atoms with E-state index in [1.807, 2.05) is 17.5 Å². The maximum absolute atomic E-state index is 4.43. The minimum Gasteiger partial charge on any atom is -0.307 e. The number of hydrogen-bond acceptors (Lipinski definition) is 4. The Morgan fingerprint density at radius 3 is 3.17 bits per heavy atom. The monoisotopic (exact) mass is 265 g/mol. The van der Waals surface area contributed by atoms with Crippen LogP contribution in [0.5, 0.6) is 0 Å². The SMILES string of the molecule is CCc1ncc(CNC2CCN3CCCCC23)s1. The molecule has 0 spiro atoms. The highest BCUT2D eigenvalue weighted by Crippen LogP contribution is 2.27. The van der Waals surface area contributed by atoms with Crippen LogP contribution in [-0.4, -0.2) is 35.1 Å². The van der Waals surface area contributed by atoms with Crippen molar-refractivity contribution in [2.75, 3.05) is 13.1 Å². The van der Waals surface area contributed by atoms with Crippen molar-refractivity contribution >= 4 is 11.3 Å². The van der Waals surface area contributed by atoms with Crippen LogP contribution in [0.3, 0.4) is 0 Å². The van der Waals surface area contributed by atoms with E-state index in [-0.39, 0.29) is 0 Å². The van der Waals surface area contributed by atoms with E-state index in [1.54, 1.807) is 0 Å². The summed E-state index contributed by atoms with van der Waals surface area (Å²) in [6, 6.07) is 1.51. The number of fused-ring (bicyclic) bond motifs is 1. The van der Waals surface area contributed by atoms with E-state index in [0.717, 1.165) is 19.0 Å². The molecule has 0 aliphatic carbocycles. The molecule has 0 radical (unpaired) electrons. The summed E-state index contributed by atoms with van der Waals surface area (Å²) in [7, 11) is 0. The Labute approximate surface area is 114 Å². The first-order valence-corrected chi connectivity index (χ1v) is 8.09. The summed E-state index contributed by atoms with van der Waals surface area (Å²) < 4.78 is 0. The predicted molar refractivity (Wildman–Crippen MR) is 75.9 cm³/mol. The van der Waals surface area contributed by atoms with Crippen molar-refractivity contribution in [1.29, 1.82) is 0 Å². The molecule has 3 heterocycles. The van der Waals surface area contributed by atoms with Crippen molar-refractivity contribution in [2.45, 2.75) is 57.7 Å². The molecule has 2 unspecified atom stereocenters. The highest BCUT2D eigenvalue weighted by molar-refractivity contribution is 7.11. The first-order valence-electron chi connectivity index (χ1n) is 7.28. The van der Waals surface area contributed by atoms with Crippen LogP contribution in [0.15, 0.2) is 6.20 Å². The number of hydrogen-bond donors (Lipinski definition) is 1. The molecule has 2 atom stereocenters. The molecule has 1 N–H and O–H groups in total. The number of piperidine rings is 1. The Bertz CT molecular complexity index is 390. The maximum atomic E-state index is 4.43. The second-order valence-corrected chi connectivity index (χ2v) is 6.65. The lowest BCUT2D eigenvalue weighted by Crippen LogP contribution is -2.44. The Balaban J connectivity index is 1.53. The fourth-order valence-corrected chi connectivity index (χ4v) is 4.12. The van der Waals surface area contributed by atoms with Crippen LogP contribution >= 0.6 is 11.3 Å². The summed E-state index contributed by atoms with van der Waals surface area (Å²) in [6.45, 7) is 5.80. The van der Waals surface area contributed by atoms with Crippen LogP contribution in [0, 0.1) is 0 Å². The van der Waals surface area contributed by atoms with Gasteiger partial charge in [-0.1, -0.05) is 13.3 Å². The molecule has 0 aromatic carbocycles. The standard InChI is InChI=1S/C14H23N3S/c1-2-14-16-10-11(18-14)9-15-12-6-8-17-7-4-3-5-13(12)17/h10,12-13,15H,2-9H2,1H3. The predicted octanol–water partition coefficient (Wildman–Crippen LogP) is 2.42. The lowest BCUT2D eigenvalue weighted by molar-refractivity contribution is 0.180. The van der Waals surface area contributed by atoms with Crippen LogP contribution < -0.4 is 5.32 Å². The van der Waals surface area contributed by atoms with Gasteiger partial charge in [-0.3, -0.25) is 4.90 Å². The van der Waals surface area contributed by atoms with E-state index in [9.17, 15) is 0 Å². The summed E-state index contributed by atoms with van der Waals surface area (Å²) in [5.74, 6) is 0. The molecule has 2 saturated heterocycles. The summed E-state index contributed by atoms with van der Waals surface area (Å²) in [6.07, 6.45) is 8.64. The highest BCUT2D eigenvalue weighted by atomic mass is 32.1. The summed E-state index contributed by atoms with van der Waals surface area (Å²) >= 11 is 1.86. The van der Waals surface area contributed by atoms with Crippen molar-refractivity contribution in [2.24, 2.45) is 0 Å². The lowest BCUT2D eigenvalue weighted by Gasteiger charge is -2.32. The molecule has 1 aromatic rings. The Morgan fingerprint density at radius 1 is 1.39 bits per heavy atom. The quantitative estimate of drug-likeness (QED) is 0.906. The van der Waals surface area contributed by atoms with Gasteiger partial charge >= 0.3 is 0 Å². The molecule has 4 heteroatoms. The first kappa shape index (κ1) is 12.6. The molecular formula is C14H23N3S. The zero-order valence-corrected chi connectivity index (χ0v) is 12.0. The fraction of sp³-hybridized carbons (Fsp3) is 0.786. The van der Waals surface area contributed by atoms with Gasteiger partial charge in [-0.05, 0) is 32.2 Å². The topological polar surface area (TPSA) is 28.2 Å². The van der Waals surface area contributed by atoms with Crippen molar-refractivity contribution in [3.05, 3.63) is 16.1 Å². The molecule has 2 aliphatic rings. The third-order valence-corrected chi connectivity index (χ3v) is 5.44. The van der Waals surface area contributed by atoms with Gasteiger partial charge in [0.1, 0.15) is 0 Å². The van der Waals surface area contributed by atoms with Gasteiger partial charge in [0, 0.05) is 36.2 Å². The molecule has 100 valence electrons. The minimum absolute atomic E-state index is 0.706. The van der Waals surface area contributed by atoms with E-state index < -0.39 is 0 Å². The lowest BCUT2D eigenvalue weighted by atomic mass is 9.99. The summed E-state index contributed by atoms with van der Waals surface area (Å²) in [4.78, 5) is 8.51. The van der Waals surface area contributed by atoms with Gasteiger partial charge in [-0.2, -0.15) is 0 Å². The van der Waals surface area contributed by atoms with Gasteiger partial charge in [0.25, 0.3) is 0 Å². The van der Waals surface area contributed by atoms with Crippen molar-refractivity contribution in [3.8, 4) is 0 Å². The second-order valence-electron chi connectivity index (χ2n) is 5.45. The first-order chi connectivity index (χ1) is 8.86. The second kappa shape index (κ2) is 5.68. The Hall–Kier alpha value is -0.450. The molecule has 2 aliphatic heterocycles. The maximum Gasteiger partial charge on any atom is 0.0925 e. The van der Waals surface area contributed by atoms with Crippen LogP contribution in [0.25, 0.3) is 0 Å². The van der Waals surface area contributed by atoms with Gasteiger partial charge in [-0.15, -0.1) is 11.3 Å². The largest absolute Gasteiger partial charge is 0.307 e. The van der Waals surface area contributed by atoms with Crippen molar-refractivity contribution < 1.29 is 0 Å². The third-order valence-electron chi connectivity index (χ3n) is 4.30. The molecule has 0 bridgehead atoms. The molecule has 0 saturated carbocycles. The summed E-state index contributed by atoms with van der Waals surface area (Å²) in [5.41, 5.74) is 0. The van der Waals surface area contributed by atoms with Gasteiger partial charge in [-0.25, -0.2) is 4.98 Å². The third kappa shape index (κ3) is 2.60. The molecular weight excluding hydrogens is 242 g/mol. The molecule has 3 nitrogen and oxygen atoms in total. The fourth-order valence-electron chi connectivity index (χ4n) is 3.31. The number of nitrogens with zero attached hydrogens (tertiary/aromatic N) is 2. The molecule has 1 aromatic heterocycles. The van der Waals surface area contributed by atoms with Crippen molar-refractivity contribution in [3.63, 3.8) is 0 Å². The van der Waals surface area contributed by atoms with Gasteiger partial charge in [0.05, 0.1) is 5.01 Å². The van der Waals surface area contributed by atoms with E-state index in [0.29, 0.717) is 6.04 Å². The van der Waals surface area contributed by atoms with Crippen LogP contribution in [0.2, 0.25) is 0 Å². The highest BCUT2D eigenvalue weighted by Gasteiger charge is 2.34. The molecule has 18 heavy (non-hydrogen) atoms. The van der Waals surface area contributed by atoms with E-state index in [2.05, 4.69) is 22.1 Å². The number of nitrogens with one attached hydrogen (secondary N) is 1. The number of aryl methyl sites for hydroxylation is 1. The van der Waals surface area contributed by atoms with Crippen LogP contribution in [0.1, 0.15) is 42.5 Å². The summed E-state index contributed by atoms with van der Waals surface area (Å²) in [5, 5.41) is 5.02. The van der Waals surface area contributed by atoms with Crippen molar-refractivity contribution in [1.82, 2.24) is 15.2 Å². The van der Waals surface area contributed by atoms with Gasteiger partial charge in [0.15, 0.2) is 0 Å². The average Bonchev–Trinajstić information content (AvgIpc) is 3.03. The zero-order chi connectivity index (χ0) is 12.4. The smallest absolute Gasteiger partial charge is 0.0925 e. The van der Waals surface area contributed by atoms with Gasteiger partial charge < -0.3 is 5.32 Å². The normalized spacial score (nSPS) is 28.5. The van der Waals surface area contributed by atoms with E-state index in [1.165, 1.54) is 48.7 Å².